The van der Waals surface area contributed by atoms with Crippen molar-refractivity contribution in [3.63, 3.8) is 0 Å². The molecule has 2 rings (SSSR count). The van der Waals surface area contributed by atoms with Crippen LogP contribution in [0.3, 0.4) is 0 Å². The van der Waals surface area contributed by atoms with Crippen LogP contribution in [0.5, 0.6) is 5.75 Å². The van der Waals surface area contributed by atoms with Crippen molar-refractivity contribution in [2.45, 2.75) is 13.0 Å². The number of benzene rings is 2. The van der Waals surface area contributed by atoms with E-state index in [-0.39, 0.29) is 11.3 Å². The molecule has 0 fully saturated rings. The molecule has 0 aromatic heterocycles. The minimum atomic E-state index is -2.35. The summed E-state index contributed by atoms with van der Waals surface area (Å²) in [6.45, 7) is 1.02. The summed E-state index contributed by atoms with van der Waals surface area (Å²) >= 11 is 0. The first kappa shape index (κ1) is 20.1. The van der Waals surface area contributed by atoms with E-state index in [2.05, 4.69) is 14.8 Å². The van der Waals surface area contributed by atoms with E-state index in [1.807, 2.05) is 0 Å². The van der Waals surface area contributed by atoms with E-state index >= 15 is 0 Å². The zero-order chi connectivity index (χ0) is 20.3. The van der Waals surface area contributed by atoms with Crippen LogP contribution in [0.4, 0.5) is 27.6 Å². The lowest BCUT2D eigenvalue weighted by Crippen LogP contribution is -2.31. The highest BCUT2D eigenvalue weighted by Gasteiger charge is 2.29. The highest BCUT2D eigenvalue weighted by atomic mass is 19.2. The lowest BCUT2D eigenvalue weighted by atomic mass is 10.1. The lowest BCUT2D eigenvalue weighted by Gasteiger charge is -2.17. The SMILES string of the molecule is COC(=O)c1ccccc1NC(=O)[C@H](C)Oc1c(F)c(F)c(F)c(F)c1F. The Bertz CT molecular complexity index is 874. The number of carbonyl (C=O) groups excluding carboxylic acids is 2. The summed E-state index contributed by atoms with van der Waals surface area (Å²) in [5, 5.41) is 2.25. The molecule has 27 heavy (non-hydrogen) atoms. The fourth-order valence-corrected chi connectivity index (χ4v) is 2.03. The van der Waals surface area contributed by atoms with Crippen molar-refractivity contribution in [1.29, 1.82) is 0 Å². The van der Waals surface area contributed by atoms with E-state index in [0.717, 1.165) is 14.0 Å². The van der Waals surface area contributed by atoms with Gasteiger partial charge in [-0.2, -0.15) is 8.78 Å². The van der Waals surface area contributed by atoms with E-state index in [1.165, 1.54) is 24.3 Å². The number of nitrogens with one attached hydrogen (secondary N) is 1. The summed E-state index contributed by atoms with van der Waals surface area (Å²) in [6.07, 6.45) is -1.66. The quantitative estimate of drug-likeness (QED) is 0.368. The van der Waals surface area contributed by atoms with Crippen LogP contribution in [-0.4, -0.2) is 25.1 Å². The summed E-state index contributed by atoms with van der Waals surface area (Å²) in [4.78, 5) is 23.8. The third kappa shape index (κ3) is 3.99. The average Bonchev–Trinajstić information content (AvgIpc) is 2.67. The molecule has 0 aliphatic heterocycles. The maximum Gasteiger partial charge on any atom is 0.339 e. The molecule has 5 nitrogen and oxygen atoms in total. The second-order valence-corrected chi connectivity index (χ2v) is 5.19. The summed E-state index contributed by atoms with van der Waals surface area (Å²) < 4.78 is 75.8. The van der Waals surface area contributed by atoms with Gasteiger partial charge in [0.05, 0.1) is 18.4 Å². The van der Waals surface area contributed by atoms with Crippen molar-refractivity contribution in [2.24, 2.45) is 0 Å². The Morgan fingerprint density at radius 2 is 1.44 bits per heavy atom. The number of rotatable bonds is 5. The van der Waals surface area contributed by atoms with Crippen LogP contribution < -0.4 is 10.1 Å². The van der Waals surface area contributed by atoms with E-state index < -0.39 is 52.8 Å². The van der Waals surface area contributed by atoms with Crippen LogP contribution in [0.2, 0.25) is 0 Å². The Labute approximate surface area is 149 Å². The van der Waals surface area contributed by atoms with Gasteiger partial charge in [0.15, 0.2) is 11.9 Å². The first-order chi connectivity index (χ1) is 12.7. The molecule has 144 valence electrons. The second-order valence-electron chi connectivity index (χ2n) is 5.19. The van der Waals surface area contributed by atoms with Gasteiger partial charge in [0.2, 0.25) is 29.1 Å². The Morgan fingerprint density at radius 3 is 2.00 bits per heavy atom. The maximum absolute atomic E-state index is 13.6. The van der Waals surface area contributed by atoms with Gasteiger partial charge < -0.3 is 14.8 Å². The third-order valence-electron chi connectivity index (χ3n) is 3.42. The molecule has 1 N–H and O–H groups in total. The van der Waals surface area contributed by atoms with Gasteiger partial charge in [-0.05, 0) is 19.1 Å². The van der Waals surface area contributed by atoms with Crippen LogP contribution in [0.15, 0.2) is 24.3 Å². The van der Waals surface area contributed by atoms with Crippen LogP contribution in [0.1, 0.15) is 17.3 Å². The summed E-state index contributed by atoms with van der Waals surface area (Å²) in [5.74, 6) is -14.5. The maximum atomic E-state index is 13.6. The zero-order valence-electron chi connectivity index (χ0n) is 13.9. The standard InChI is InChI=1S/C17H12F5NO4/c1-7(27-15-13(21)11(19)10(18)12(20)14(15)22)16(24)23-9-6-4-3-5-8(9)17(25)26-2/h3-7H,1-2H3,(H,23,24)/t7-/m0/s1. The van der Waals surface area contributed by atoms with Crippen molar-refractivity contribution >= 4 is 17.6 Å². The molecule has 2 aromatic carbocycles. The van der Waals surface area contributed by atoms with Gasteiger partial charge in [0.25, 0.3) is 5.91 Å². The highest BCUT2D eigenvalue weighted by Crippen LogP contribution is 2.30. The fourth-order valence-electron chi connectivity index (χ4n) is 2.03. The van der Waals surface area contributed by atoms with Gasteiger partial charge in [-0.1, -0.05) is 12.1 Å². The van der Waals surface area contributed by atoms with Crippen molar-refractivity contribution < 1.29 is 41.0 Å². The minimum Gasteiger partial charge on any atom is -0.474 e. The molecule has 0 bridgehead atoms. The van der Waals surface area contributed by atoms with Gasteiger partial charge >= 0.3 is 5.97 Å². The van der Waals surface area contributed by atoms with Crippen LogP contribution in [-0.2, 0) is 9.53 Å². The van der Waals surface area contributed by atoms with Gasteiger partial charge in [0, 0.05) is 0 Å². The Hall–Kier alpha value is -3.17. The van der Waals surface area contributed by atoms with Crippen LogP contribution >= 0.6 is 0 Å². The summed E-state index contributed by atoms with van der Waals surface area (Å²) in [5.41, 5.74) is -0.0148. The molecule has 1 amide bonds. The molecule has 0 aliphatic carbocycles. The molecule has 10 heteroatoms. The molecule has 0 unspecified atom stereocenters. The number of anilines is 1. The Morgan fingerprint density at radius 1 is 0.926 bits per heavy atom. The third-order valence-corrected chi connectivity index (χ3v) is 3.42. The van der Waals surface area contributed by atoms with Crippen LogP contribution in [0, 0.1) is 29.1 Å². The molecule has 0 saturated heterocycles. The second kappa shape index (κ2) is 8.02. The zero-order valence-corrected chi connectivity index (χ0v) is 13.9. The fraction of sp³-hybridized carbons (Fsp3) is 0.176. The summed E-state index contributed by atoms with van der Waals surface area (Å²) in [6, 6.07) is 5.67. The first-order valence-electron chi connectivity index (χ1n) is 7.35. The van der Waals surface area contributed by atoms with Crippen molar-refractivity contribution in [3.8, 4) is 5.75 Å². The van der Waals surface area contributed by atoms with Gasteiger partial charge in [0.1, 0.15) is 0 Å². The summed E-state index contributed by atoms with van der Waals surface area (Å²) in [7, 11) is 1.12. The number of esters is 1. The normalized spacial score (nSPS) is 11.7. The predicted molar refractivity (Wildman–Crippen MR) is 82.7 cm³/mol. The minimum absolute atomic E-state index is 0.00205. The number of amides is 1. The van der Waals surface area contributed by atoms with Crippen molar-refractivity contribution in [2.75, 3.05) is 12.4 Å². The molecule has 0 aliphatic rings. The largest absolute Gasteiger partial charge is 0.474 e. The van der Waals surface area contributed by atoms with Crippen molar-refractivity contribution in [3.05, 3.63) is 58.9 Å². The number of hydrogen-bond donors (Lipinski definition) is 1. The number of ether oxygens (including phenoxy) is 2. The highest BCUT2D eigenvalue weighted by molar-refractivity contribution is 6.02. The first-order valence-corrected chi connectivity index (χ1v) is 7.35. The molecule has 0 radical (unpaired) electrons. The number of hydrogen-bond acceptors (Lipinski definition) is 4. The molecule has 0 saturated carbocycles. The lowest BCUT2D eigenvalue weighted by molar-refractivity contribution is -0.122. The molecular formula is C17H12F5NO4. The molecule has 0 spiro atoms. The number of para-hydroxylation sites is 1. The predicted octanol–water partition coefficient (Wildman–Crippen LogP) is 3.57. The van der Waals surface area contributed by atoms with E-state index in [9.17, 15) is 31.5 Å². The Balaban J connectivity index is 2.25. The van der Waals surface area contributed by atoms with E-state index in [0.29, 0.717) is 0 Å². The molecule has 1 atom stereocenters. The smallest absolute Gasteiger partial charge is 0.339 e. The molecular weight excluding hydrogens is 377 g/mol. The Kier molecular flexibility index (Phi) is 5.98. The van der Waals surface area contributed by atoms with Gasteiger partial charge in [-0.15, -0.1) is 0 Å². The number of methoxy groups -OCH3 is 1. The number of halogens is 5. The van der Waals surface area contributed by atoms with E-state index in [1.54, 1.807) is 0 Å². The van der Waals surface area contributed by atoms with Crippen molar-refractivity contribution in [1.82, 2.24) is 0 Å². The molecule has 2 aromatic rings. The average molecular weight is 389 g/mol. The van der Waals surface area contributed by atoms with Gasteiger partial charge in [-0.25, -0.2) is 18.0 Å². The topological polar surface area (TPSA) is 64.6 Å². The number of carbonyl (C=O) groups is 2. The molecule has 0 heterocycles. The van der Waals surface area contributed by atoms with Crippen LogP contribution in [0.25, 0.3) is 0 Å². The van der Waals surface area contributed by atoms with Gasteiger partial charge in [-0.3, -0.25) is 4.79 Å². The van der Waals surface area contributed by atoms with E-state index in [4.69, 9.17) is 0 Å². The monoisotopic (exact) mass is 389 g/mol.